The molecule has 4 aromatic carbocycles. The van der Waals surface area contributed by atoms with Gasteiger partial charge >= 0.3 is 0 Å². The van der Waals surface area contributed by atoms with Gasteiger partial charge in [-0.2, -0.15) is 0 Å². The van der Waals surface area contributed by atoms with Crippen molar-refractivity contribution in [2.75, 3.05) is 4.90 Å². The molecule has 0 radical (unpaired) electrons. The zero-order valence-electron chi connectivity index (χ0n) is 20.9. The molecule has 0 aromatic heterocycles. The van der Waals surface area contributed by atoms with E-state index in [1.54, 1.807) is 6.07 Å². The molecular formula is C32H27NO4. The van der Waals surface area contributed by atoms with Gasteiger partial charge in [-0.1, -0.05) is 60.7 Å². The first-order chi connectivity index (χ1) is 17.8. The normalized spacial score (nSPS) is 16.7. The van der Waals surface area contributed by atoms with Crippen molar-refractivity contribution in [3.63, 3.8) is 0 Å². The third-order valence-electron chi connectivity index (χ3n) is 6.75. The fourth-order valence-electron chi connectivity index (χ4n) is 4.65. The van der Waals surface area contributed by atoms with Crippen molar-refractivity contribution in [2.45, 2.75) is 26.8 Å². The van der Waals surface area contributed by atoms with Crippen LogP contribution in [0.4, 0.5) is 5.69 Å². The van der Waals surface area contributed by atoms with Gasteiger partial charge in [-0.3, -0.25) is 14.5 Å². The van der Waals surface area contributed by atoms with Crippen LogP contribution in [0.25, 0.3) is 5.76 Å². The van der Waals surface area contributed by atoms with Crippen molar-refractivity contribution in [3.05, 3.63) is 130 Å². The number of amides is 1. The Morgan fingerprint density at radius 2 is 1.43 bits per heavy atom. The van der Waals surface area contributed by atoms with Crippen LogP contribution in [0.5, 0.6) is 11.5 Å². The Morgan fingerprint density at radius 3 is 2.16 bits per heavy atom. The van der Waals surface area contributed by atoms with Gasteiger partial charge in [0.15, 0.2) is 0 Å². The number of carbonyl (C=O) groups excluding carboxylic acids is 2. The number of benzene rings is 4. The van der Waals surface area contributed by atoms with Gasteiger partial charge in [0.05, 0.1) is 11.6 Å². The molecule has 1 heterocycles. The first kappa shape index (κ1) is 24.1. The number of aliphatic hydroxyl groups excluding tert-OH is 1. The van der Waals surface area contributed by atoms with Gasteiger partial charge < -0.3 is 9.84 Å². The first-order valence-corrected chi connectivity index (χ1v) is 12.1. The zero-order chi connectivity index (χ0) is 26.1. The number of ketones is 1. The van der Waals surface area contributed by atoms with Crippen LogP contribution >= 0.6 is 0 Å². The number of hydrogen-bond donors (Lipinski definition) is 1. The number of carbonyl (C=O) groups is 2. The van der Waals surface area contributed by atoms with Crippen LogP contribution in [0, 0.1) is 20.8 Å². The summed E-state index contributed by atoms with van der Waals surface area (Å²) in [5.41, 5.74) is 4.70. The molecule has 4 aromatic rings. The number of hydrogen-bond acceptors (Lipinski definition) is 4. The lowest BCUT2D eigenvalue weighted by Crippen LogP contribution is -2.30. The molecule has 1 N–H and O–H groups in total. The molecule has 5 heteroatoms. The summed E-state index contributed by atoms with van der Waals surface area (Å²) >= 11 is 0. The highest BCUT2D eigenvalue weighted by molar-refractivity contribution is 6.51. The van der Waals surface area contributed by atoms with Crippen LogP contribution in [-0.2, 0) is 9.59 Å². The standard InChI is InChI=1S/C32H27NO4/c1-20-16-17-24(18-22(20)3)30(34)28-29(33(32(36)31(28)35)27-15-8-7-10-21(27)2)23-11-9-14-26(19-23)37-25-12-5-4-6-13-25/h4-19,29,34H,1-3H3/b30-28-. The van der Waals surface area contributed by atoms with Crippen LogP contribution in [0.1, 0.15) is 33.9 Å². The first-order valence-electron chi connectivity index (χ1n) is 12.1. The maximum atomic E-state index is 13.5. The van der Waals surface area contributed by atoms with Gasteiger partial charge in [0, 0.05) is 11.3 Å². The molecule has 0 saturated carbocycles. The third-order valence-corrected chi connectivity index (χ3v) is 6.75. The Balaban J connectivity index is 1.69. The van der Waals surface area contributed by atoms with E-state index in [0.717, 1.165) is 16.7 Å². The maximum Gasteiger partial charge on any atom is 0.300 e. The minimum absolute atomic E-state index is 0.0494. The van der Waals surface area contributed by atoms with Crippen LogP contribution in [0.3, 0.4) is 0 Å². The fraction of sp³-hybridized carbons (Fsp3) is 0.125. The van der Waals surface area contributed by atoms with E-state index in [2.05, 4.69) is 0 Å². The predicted molar refractivity (Wildman–Crippen MR) is 145 cm³/mol. The summed E-state index contributed by atoms with van der Waals surface area (Å²) in [6.45, 7) is 5.82. The molecule has 0 aliphatic carbocycles. The second-order valence-electron chi connectivity index (χ2n) is 9.24. The molecular weight excluding hydrogens is 462 g/mol. The Labute approximate surface area is 216 Å². The van der Waals surface area contributed by atoms with E-state index in [9.17, 15) is 14.7 Å². The minimum Gasteiger partial charge on any atom is -0.507 e. The predicted octanol–water partition coefficient (Wildman–Crippen LogP) is 7.03. The molecule has 0 spiro atoms. The van der Waals surface area contributed by atoms with Crippen molar-refractivity contribution < 1.29 is 19.4 Å². The van der Waals surface area contributed by atoms with Gasteiger partial charge in [0.25, 0.3) is 11.7 Å². The highest BCUT2D eigenvalue weighted by Gasteiger charge is 2.47. The van der Waals surface area contributed by atoms with Gasteiger partial charge in [-0.05, 0) is 79.4 Å². The number of ether oxygens (including phenoxy) is 1. The minimum atomic E-state index is -0.831. The van der Waals surface area contributed by atoms with Crippen molar-refractivity contribution in [1.29, 1.82) is 0 Å². The molecule has 5 nitrogen and oxygen atoms in total. The number of nitrogens with zero attached hydrogens (tertiary/aromatic N) is 1. The summed E-state index contributed by atoms with van der Waals surface area (Å²) < 4.78 is 6.04. The van der Waals surface area contributed by atoms with Gasteiger partial charge in [-0.25, -0.2) is 0 Å². The Kier molecular flexibility index (Phi) is 6.36. The summed E-state index contributed by atoms with van der Waals surface area (Å²) in [6.07, 6.45) is 0. The molecule has 1 amide bonds. The molecule has 1 aliphatic heterocycles. The summed E-state index contributed by atoms with van der Waals surface area (Å²) in [4.78, 5) is 28.4. The molecule has 184 valence electrons. The zero-order valence-corrected chi connectivity index (χ0v) is 20.9. The number of aryl methyl sites for hydroxylation is 3. The molecule has 37 heavy (non-hydrogen) atoms. The third kappa shape index (κ3) is 4.52. The van der Waals surface area contributed by atoms with Gasteiger partial charge in [0.1, 0.15) is 17.3 Å². The molecule has 1 unspecified atom stereocenters. The van der Waals surface area contributed by atoms with Crippen LogP contribution < -0.4 is 9.64 Å². The van der Waals surface area contributed by atoms with E-state index in [0.29, 0.717) is 28.3 Å². The second-order valence-corrected chi connectivity index (χ2v) is 9.24. The monoisotopic (exact) mass is 489 g/mol. The Morgan fingerprint density at radius 1 is 0.730 bits per heavy atom. The fourth-order valence-corrected chi connectivity index (χ4v) is 4.65. The average molecular weight is 490 g/mol. The highest BCUT2D eigenvalue weighted by Crippen LogP contribution is 2.44. The van der Waals surface area contributed by atoms with Gasteiger partial charge in [-0.15, -0.1) is 0 Å². The van der Waals surface area contributed by atoms with Crippen molar-refractivity contribution >= 4 is 23.1 Å². The SMILES string of the molecule is Cc1ccc(/C(O)=C2/C(=O)C(=O)N(c3ccccc3C)C2c2cccc(Oc3ccccc3)c2)cc1C. The van der Waals surface area contributed by atoms with E-state index in [-0.39, 0.29) is 11.3 Å². The summed E-state index contributed by atoms with van der Waals surface area (Å²) in [5.74, 6) is -0.373. The maximum absolute atomic E-state index is 13.5. The number of para-hydroxylation sites is 2. The number of anilines is 1. The highest BCUT2D eigenvalue weighted by atomic mass is 16.5. The average Bonchev–Trinajstić information content (AvgIpc) is 3.16. The van der Waals surface area contributed by atoms with E-state index < -0.39 is 17.7 Å². The van der Waals surface area contributed by atoms with E-state index in [1.165, 1.54) is 4.90 Å². The topological polar surface area (TPSA) is 66.8 Å². The lowest BCUT2D eigenvalue weighted by atomic mass is 9.94. The number of rotatable bonds is 5. The molecule has 0 bridgehead atoms. The second kappa shape index (κ2) is 9.78. The summed E-state index contributed by atoms with van der Waals surface area (Å²) in [7, 11) is 0. The van der Waals surface area contributed by atoms with Crippen LogP contribution in [0.2, 0.25) is 0 Å². The van der Waals surface area contributed by atoms with Crippen molar-refractivity contribution in [2.24, 2.45) is 0 Å². The smallest absolute Gasteiger partial charge is 0.300 e. The summed E-state index contributed by atoms with van der Waals surface area (Å²) in [6, 6.07) is 28.8. The molecule has 1 saturated heterocycles. The molecule has 5 rings (SSSR count). The van der Waals surface area contributed by atoms with Crippen molar-refractivity contribution in [3.8, 4) is 11.5 Å². The summed E-state index contributed by atoms with van der Waals surface area (Å²) in [5, 5.41) is 11.4. The quantitative estimate of drug-likeness (QED) is 0.186. The lowest BCUT2D eigenvalue weighted by Gasteiger charge is -2.27. The Bertz CT molecular complexity index is 1540. The lowest BCUT2D eigenvalue weighted by molar-refractivity contribution is -0.132. The Hall–Kier alpha value is -4.64. The van der Waals surface area contributed by atoms with Gasteiger partial charge in [0.2, 0.25) is 0 Å². The number of aliphatic hydroxyl groups is 1. The van der Waals surface area contributed by atoms with E-state index >= 15 is 0 Å². The number of Topliss-reactive ketones (excluding diaryl/α,β-unsaturated/α-hetero) is 1. The molecule has 1 fully saturated rings. The molecule has 1 aliphatic rings. The van der Waals surface area contributed by atoms with Crippen molar-refractivity contribution in [1.82, 2.24) is 0 Å². The van der Waals surface area contributed by atoms with E-state index in [1.807, 2.05) is 112 Å². The van der Waals surface area contributed by atoms with Crippen LogP contribution in [-0.4, -0.2) is 16.8 Å². The largest absolute Gasteiger partial charge is 0.507 e. The van der Waals surface area contributed by atoms with E-state index in [4.69, 9.17) is 4.74 Å². The molecule has 1 atom stereocenters. The van der Waals surface area contributed by atoms with Crippen LogP contribution in [0.15, 0.2) is 103 Å².